The molecule has 1 aromatic carbocycles. The molecule has 4 heteroatoms. The molecular weight excluding hydrogens is 228 g/mol. The average molecular weight is 243 g/mol. The van der Waals surface area contributed by atoms with E-state index in [4.69, 9.17) is 0 Å². The van der Waals surface area contributed by atoms with Gasteiger partial charge in [-0.3, -0.25) is 0 Å². The lowest BCUT2D eigenvalue weighted by atomic mass is 9.96. The number of rotatable bonds is 2. The van der Waals surface area contributed by atoms with E-state index >= 15 is 0 Å². The van der Waals surface area contributed by atoms with Crippen molar-refractivity contribution in [3.05, 3.63) is 34.9 Å². The number of hydrogen-bond donors (Lipinski definition) is 1. The zero-order valence-corrected chi connectivity index (χ0v) is 10.2. The summed E-state index contributed by atoms with van der Waals surface area (Å²) in [6.07, 6.45) is 0.994. The zero-order valence-electron chi connectivity index (χ0n) is 9.39. The molecule has 88 valence electrons. The number of fused-ring (bicyclic) bond motifs is 1. The molecule has 0 saturated carbocycles. The molecule has 1 nitrogen and oxygen atoms in total. The summed E-state index contributed by atoms with van der Waals surface area (Å²) in [6, 6.07) is 2.48. The number of halogens is 2. The maximum Gasteiger partial charge on any atom is 0.130 e. The fourth-order valence-corrected chi connectivity index (χ4v) is 3.63. The summed E-state index contributed by atoms with van der Waals surface area (Å²) in [6.45, 7) is 2.10. The van der Waals surface area contributed by atoms with Gasteiger partial charge in [0.1, 0.15) is 11.6 Å². The van der Waals surface area contributed by atoms with Crippen LogP contribution in [0.5, 0.6) is 0 Å². The minimum atomic E-state index is -0.488. The molecule has 0 aromatic heterocycles. The Morgan fingerprint density at radius 3 is 2.81 bits per heavy atom. The molecule has 0 spiro atoms. The molecule has 1 heterocycles. The number of thioether (sulfide) groups is 1. The predicted molar refractivity (Wildman–Crippen MR) is 63.5 cm³/mol. The van der Waals surface area contributed by atoms with Crippen molar-refractivity contribution in [3.63, 3.8) is 0 Å². The van der Waals surface area contributed by atoms with Crippen LogP contribution in [0.1, 0.15) is 30.5 Å². The highest BCUT2D eigenvalue weighted by molar-refractivity contribution is 7.99. The molecule has 1 aliphatic rings. The molecule has 1 aromatic rings. The maximum atomic E-state index is 13.6. The van der Waals surface area contributed by atoms with Crippen molar-refractivity contribution in [3.8, 4) is 0 Å². The van der Waals surface area contributed by atoms with Crippen LogP contribution >= 0.6 is 11.8 Å². The first-order chi connectivity index (χ1) is 7.67. The topological polar surface area (TPSA) is 12.0 Å². The highest BCUT2D eigenvalue weighted by atomic mass is 32.2. The fourth-order valence-electron chi connectivity index (χ4n) is 2.23. The van der Waals surface area contributed by atoms with Crippen molar-refractivity contribution in [1.82, 2.24) is 5.32 Å². The van der Waals surface area contributed by atoms with Crippen LogP contribution in [0.25, 0.3) is 0 Å². The molecule has 1 aliphatic heterocycles. The maximum absolute atomic E-state index is 13.6. The number of nitrogens with one attached hydrogen (secondary N) is 1. The van der Waals surface area contributed by atoms with Gasteiger partial charge in [-0.05, 0) is 25.1 Å². The van der Waals surface area contributed by atoms with Crippen LogP contribution in [-0.4, -0.2) is 12.3 Å². The van der Waals surface area contributed by atoms with E-state index in [2.05, 4.69) is 12.2 Å². The monoisotopic (exact) mass is 243 g/mol. The molecule has 0 aliphatic carbocycles. The van der Waals surface area contributed by atoms with Gasteiger partial charge in [0.2, 0.25) is 0 Å². The Labute approximate surface area is 98.6 Å². The Hall–Kier alpha value is -0.610. The predicted octanol–water partition coefficient (Wildman–Crippen LogP) is 3.25. The summed E-state index contributed by atoms with van der Waals surface area (Å²) in [4.78, 5) is 0. The van der Waals surface area contributed by atoms with E-state index in [0.29, 0.717) is 16.6 Å². The number of benzene rings is 1. The highest BCUT2D eigenvalue weighted by Gasteiger charge is 2.30. The second-order valence-corrected chi connectivity index (χ2v) is 5.21. The van der Waals surface area contributed by atoms with E-state index in [0.717, 1.165) is 18.1 Å². The molecular formula is C12H15F2NS. The second kappa shape index (κ2) is 4.72. The van der Waals surface area contributed by atoms with Crippen LogP contribution in [0.3, 0.4) is 0 Å². The quantitative estimate of drug-likeness (QED) is 0.855. The first-order valence-electron chi connectivity index (χ1n) is 5.44. The van der Waals surface area contributed by atoms with E-state index < -0.39 is 11.6 Å². The molecule has 0 bridgehead atoms. The van der Waals surface area contributed by atoms with Gasteiger partial charge in [0.25, 0.3) is 0 Å². The lowest BCUT2D eigenvalue weighted by molar-refractivity contribution is 0.518. The minimum absolute atomic E-state index is 0.0453. The zero-order chi connectivity index (χ0) is 11.7. The third kappa shape index (κ3) is 1.96. The van der Waals surface area contributed by atoms with Crippen molar-refractivity contribution in [2.24, 2.45) is 0 Å². The smallest absolute Gasteiger partial charge is 0.130 e. The van der Waals surface area contributed by atoms with Crippen molar-refractivity contribution < 1.29 is 8.78 Å². The van der Waals surface area contributed by atoms with Crippen LogP contribution in [0, 0.1) is 11.6 Å². The molecule has 0 saturated heterocycles. The Bertz CT molecular complexity index is 395. The van der Waals surface area contributed by atoms with E-state index in [1.807, 2.05) is 7.05 Å². The van der Waals surface area contributed by atoms with Crippen molar-refractivity contribution >= 4 is 11.8 Å². The normalized spacial score (nSPS) is 24.2. The van der Waals surface area contributed by atoms with E-state index in [1.54, 1.807) is 11.8 Å². The van der Waals surface area contributed by atoms with Crippen LogP contribution in [0.15, 0.2) is 12.1 Å². The molecule has 0 fully saturated rings. The van der Waals surface area contributed by atoms with Gasteiger partial charge in [-0.25, -0.2) is 8.78 Å². The van der Waals surface area contributed by atoms with Crippen molar-refractivity contribution in [1.29, 1.82) is 0 Å². The Kier molecular flexibility index (Phi) is 3.50. The first kappa shape index (κ1) is 11.9. The molecule has 16 heavy (non-hydrogen) atoms. The molecule has 2 atom stereocenters. The third-order valence-corrected chi connectivity index (χ3v) is 4.55. The van der Waals surface area contributed by atoms with Crippen molar-refractivity contribution in [2.75, 3.05) is 7.05 Å². The first-order valence-corrected chi connectivity index (χ1v) is 6.49. The molecule has 1 N–H and O–H groups in total. The lowest BCUT2D eigenvalue weighted by Gasteiger charge is -2.32. The summed E-state index contributed by atoms with van der Waals surface area (Å²) < 4.78 is 26.8. The Morgan fingerprint density at radius 1 is 1.44 bits per heavy atom. The average Bonchev–Trinajstić information content (AvgIpc) is 2.27. The van der Waals surface area contributed by atoms with Gasteiger partial charge in [-0.15, -0.1) is 0 Å². The molecule has 2 rings (SSSR count). The standard InChI is InChI=1S/C12H15F2NS/c1-3-11-12(15-2)8-4-7(13)5-10(14)9(8)6-16-11/h4-5,11-12,15H,3,6H2,1-2H3. The highest BCUT2D eigenvalue weighted by Crippen LogP contribution is 2.40. The van der Waals surface area contributed by atoms with Crippen LogP contribution in [0.2, 0.25) is 0 Å². The Balaban J connectivity index is 2.47. The largest absolute Gasteiger partial charge is 0.312 e. The van der Waals surface area contributed by atoms with E-state index in [9.17, 15) is 8.78 Å². The summed E-state index contributed by atoms with van der Waals surface area (Å²) >= 11 is 1.73. The van der Waals surface area contributed by atoms with Crippen molar-refractivity contribution in [2.45, 2.75) is 30.4 Å². The van der Waals surface area contributed by atoms with Crippen LogP contribution in [-0.2, 0) is 5.75 Å². The lowest BCUT2D eigenvalue weighted by Crippen LogP contribution is -2.31. The third-order valence-electron chi connectivity index (χ3n) is 3.06. The van der Waals surface area contributed by atoms with Crippen LogP contribution in [0.4, 0.5) is 8.78 Å². The van der Waals surface area contributed by atoms with Gasteiger partial charge in [-0.1, -0.05) is 6.92 Å². The fraction of sp³-hybridized carbons (Fsp3) is 0.500. The van der Waals surface area contributed by atoms with Gasteiger partial charge in [0.05, 0.1) is 0 Å². The van der Waals surface area contributed by atoms with Gasteiger partial charge < -0.3 is 5.32 Å². The van der Waals surface area contributed by atoms with E-state index in [1.165, 1.54) is 6.07 Å². The van der Waals surface area contributed by atoms with Gasteiger partial charge in [0.15, 0.2) is 0 Å². The van der Waals surface area contributed by atoms with Gasteiger partial charge >= 0.3 is 0 Å². The minimum Gasteiger partial charge on any atom is -0.312 e. The number of hydrogen-bond acceptors (Lipinski definition) is 2. The van der Waals surface area contributed by atoms with Gasteiger partial charge in [0, 0.05) is 28.7 Å². The molecule has 2 unspecified atom stereocenters. The Morgan fingerprint density at radius 2 is 2.19 bits per heavy atom. The van der Waals surface area contributed by atoms with Crippen LogP contribution < -0.4 is 5.32 Å². The van der Waals surface area contributed by atoms with Gasteiger partial charge in [-0.2, -0.15) is 11.8 Å². The molecule has 0 amide bonds. The summed E-state index contributed by atoms with van der Waals surface area (Å²) in [7, 11) is 1.84. The summed E-state index contributed by atoms with van der Waals surface area (Å²) in [5, 5.41) is 3.55. The SMILES string of the molecule is CCC1SCc2c(F)cc(F)cc2C1NC. The second-order valence-electron chi connectivity index (χ2n) is 3.98. The summed E-state index contributed by atoms with van der Waals surface area (Å²) in [5.74, 6) is -0.270. The molecule has 0 radical (unpaired) electrons. The summed E-state index contributed by atoms with van der Waals surface area (Å²) in [5.41, 5.74) is 1.43. The van der Waals surface area contributed by atoms with E-state index in [-0.39, 0.29) is 6.04 Å².